The molecule has 0 fully saturated rings. The summed E-state index contributed by atoms with van der Waals surface area (Å²) in [6.07, 6.45) is 0. The molecule has 0 aliphatic carbocycles. The zero-order chi connectivity index (χ0) is 15.6. The average Bonchev–Trinajstić information content (AvgIpc) is 2.94. The van der Waals surface area contributed by atoms with Gasteiger partial charge in [0.25, 0.3) is 0 Å². The first-order chi connectivity index (χ1) is 9.91. The highest BCUT2D eigenvalue weighted by atomic mass is 32.2. The van der Waals surface area contributed by atoms with Gasteiger partial charge in [-0.3, -0.25) is 4.79 Å². The van der Waals surface area contributed by atoms with E-state index in [0.29, 0.717) is 17.3 Å². The van der Waals surface area contributed by atoms with Crippen LogP contribution in [0.15, 0.2) is 9.05 Å². The second kappa shape index (κ2) is 6.34. The van der Waals surface area contributed by atoms with E-state index in [4.69, 9.17) is 9.05 Å². The molecule has 0 atom stereocenters. The molecule has 0 unspecified atom stereocenters. The zero-order valence-electron chi connectivity index (χ0n) is 12.9. The molecule has 21 heavy (non-hydrogen) atoms. The Hall–Kier alpha value is -1.76. The van der Waals surface area contributed by atoms with E-state index in [1.54, 1.807) is 30.6 Å². The number of carbonyl (C=O) groups is 1. The van der Waals surface area contributed by atoms with Crippen molar-refractivity contribution in [1.29, 1.82) is 0 Å². The lowest BCUT2D eigenvalue weighted by atomic mass is 10.2. The van der Waals surface area contributed by atoms with Crippen LogP contribution in [0, 0.1) is 27.7 Å². The van der Waals surface area contributed by atoms with Crippen molar-refractivity contribution in [1.82, 2.24) is 10.3 Å². The minimum absolute atomic E-state index is 0.0150. The molecule has 0 aliphatic rings. The minimum Gasteiger partial charge on any atom is -0.361 e. The van der Waals surface area contributed by atoms with Crippen molar-refractivity contribution in [3.8, 4) is 0 Å². The third-order valence-electron chi connectivity index (χ3n) is 3.36. The van der Waals surface area contributed by atoms with E-state index in [0.717, 1.165) is 28.4 Å². The molecule has 2 aromatic rings. The summed E-state index contributed by atoms with van der Waals surface area (Å²) >= 11 is 1.54. The van der Waals surface area contributed by atoms with Crippen molar-refractivity contribution in [2.75, 3.05) is 17.7 Å². The highest BCUT2D eigenvalue weighted by molar-refractivity contribution is 7.99. The first kappa shape index (κ1) is 15.6. The summed E-state index contributed by atoms with van der Waals surface area (Å²) in [4.78, 5) is 13.8. The highest BCUT2D eigenvalue weighted by Crippen LogP contribution is 2.24. The molecule has 7 heteroatoms. The van der Waals surface area contributed by atoms with Gasteiger partial charge < -0.3 is 13.9 Å². The fraction of sp³-hybridized carbons (Fsp3) is 0.500. The van der Waals surface area contributed by atoms with Crippen LogP contribution in [-0.4, -0.2) is 29.0 Å². The number of carbonyl (C=O) groups excluding carboxylic acids is 1. The highest BCUT2D eigenvalue weighted by Gasteiger charge is 2.19. The maximum absolute atomic E-state index is 12.2. The number of thioether (sulfide) groups is 1. The third-order valence-corrected chi connectivity index (χ3v) is 4.30. The Labute approximate surface area is 127 Å². The largest absolute Gasteiger partial charge is 0.361 e. The fourth-order valence-electron chi connectivity index (χ4n) is 2.13. The number of hydrogen-bond acceptors (Lipinski definition) is 6. The SMILES string of the molecule is Cc1noc(C)c1CSCC(=O)N(C)c1c(C)noc1C. The van der Waals surface area contributed by atoms with Crippen molar-refractivity contribution in [2.24, 2.45) is 0 Å². The molecule has 2 aromatic heterocycles. The predicted molar refractivity (Wildman–Crippen MR) is 81.5 cm³/mol. The van der Waals surface area contributed by atoms with Crippen molar-refractivity contribution in [2.45, 2.75) is 33.4 Å². The standard InChI is InChI=1S/C14H19N3O3S/c1-8-12(10(3)19-15-8)6-21-7-13(18)17(5)14-9(2)16-20-11(14)4/h6-7H2,1-5H3. The Kier molecular flexibility index (Phi) is 4.72. The lowest BCUT2D eigenvalue weighted by Crippen LogP contribution is -2.28. The number of rotatable bonds is 5. The number of nitrogens with zero attached hydrogens (tertiary/aromatic N) is 3. The molecule has 0 spiro atoms. The number of aryl methyl sites for hydroxylation is 4. The van der Waals surface area contributed by atoms with Crippen LogP contribution in [-0.2, 0) is 10.5 Å². The molecule has 2 heterocycles. The maximum atomic E-state index is 12.2. The van der Waals surface area contributed by atoms with Crippen LogP contribution in [0.5, 0.6) is 0 Å². The molecule has 0 saturated carbocycles. The fourth-order valence-corrected chi connectivity index (χ4v) is 3.21. The maximum Gasteiger partial charge on any atom is 0.236 e. The number of amides is 1. The average molecular weight is 309 g/mol. The van der Waals surface area contributed by atoms with Gasteiger partial charge in [-0.15, -0.1) is 11.8 Å². The quantitative estimate of drug-likeness (QED) is 0.845. The summed E-state index contributed by atoms with van der Waals surface area (Å²) in [6.45, 7) is 7.42. The van der Waals surface area contributed by atoms with E-state index >= 15 is 0 Å². The molecule has 114 valence electrons. The van der Waals surface area contributed by atoms with E-state index in [2.05, 4.69) is 10.3 Å². The number of hydrogen-bond donors (Lipinski definition) is 0. The van der Waals surface area contributed by atoms with Gasteiger partial charge in [-0.1, -0.05) is 10.3 Å². The smallest absolute Gasteiger partial charge is 0.236 e. The molecule has 0 saturated heterocycles. The minimum atomic E-state index is 0.0150. The van der Waals surface area contributed by atoms with E-state index in [9.17, 15) is 4.79 Å². The van der Waals surface area contributed by atoms with Crippen LogP contribution >= 0.6 is 11.8 Å². The van der Waals surface area contributed by atoms with Gasteiger partial charge in [-0.25, -0.2) is 0 Å². The van der Waals surface area contributed by atoms with Gasteiger partial charge in [0.05, 0.1) is 11.4 Å². The molecule has 0 N–H and O–H groups in total. The monoisotopic (exact) mass is 309 g/mol. The normalized spacial score (nSPS) is 10.9. The van der Waals surface area contributed by atoms with E-state index in [1.165, 1.54) is 0 Å². The van der Waals surface area contributed by atoms with Crippen molar-refractivity contribution in [3.05, 3.63) is 28.5 Å². The second-order valence-corrected chi connectivity index (χ2v) is 5.91. The van der Waals surface area contributed by atoms with Crippen LogP contribution in [0.1, 0.15) is 28.5 Å². The Bertz CT molecular complexity index is 609. The topological polar surface area (TPSA) is 72.4 Å². The molecule has 6 nitrogen and oxygen atoms in total. The van der Waals surface area contributed by atoms with Crippen LogP contribution in [0.2, 0.25) is 0 Å². The summed E-state index contributed by atoms with van der Waals surface area (Å²) in [7, 11) is 1.74. The van der Waals surface area contributed by atoms with Crippen LogP contribution in [0.3, 0.4) is 0 Å². The molecule has 0 aliphatic heterocycles. The van der Waals surface area contributed by atoms with E-state index < -0.39 is 0 Å². The van der Waals surface area contributed by atoms with Gasteiger partial charge in [0.1, 0.15) is 17.1 Å². The Morgan fingerprint density at radius 3 is 2.24 bits per heavy atom. The molecule has 0 radical (unpaired) electrons. The van der Waals surface area contributed by atoms with E-state index in [-0.39, 0.29) is 5.91 Å². The second-order valence-electron chi connectivity index (χ2n) is 4.92. The van der Waals surface area contributed by atoms with Crippen molar-refractivity contribution in [3.63, 3.8) is 0 Å². The molecule has 1 amide bonds. The lowest BCUT2D eigenvalue weighted by Gasteiger charge is -2.16. The molecule has 0 aromatic carbocycles. The van der Waals surface area contributed by atoms with Crippen LogP contribution in [0.4, 0.5) is 5.69 Å². The van der Waals surface area contributed by atoms with Gasteiger partial charge in [0.2, 0.25) is 5.91 Å². The molecular formula is C14H19N3O3S. The first-order valence-corrected chi connectivity index (χ1v) is 7.76. The van der Waals surface area contributed by atoms with Gasteiger partial charge in [0.15, 0.2) is 5.76 Å². The summed E-state index contributed by atoms with van der Waals surface area (Å²) < 4.78 is 10.2. The third kappa shape index (κ3) is 3.29. The van der Waals surface area contributed by atoms with Gasteiger partial charge in [-0.2, -0.15) is 0 Å². The predicted octanol–water partition coefficient (Wildman–Crippen LogP) is 2.79. The van der Waals surface area contributed by atoms with Gasteiger partial charge in [-0.05, 0) is 27.7 Å². The summed E-state index contributed by atoms with van der Waals surface area (Å²) in [5.41, 5.74) is 3.41. The molecule has 0 bridgehead atoms. The molecule has 2 rings (SSSR count). The Morgan fingerprint density at radius 1 is 1.10 bits per heavy atom. The summed E-state index contributed by atoms with van der Waals surface area (Å²) in [5.74, 6) is 2.57. The van der Waals surface area contributed by atoms with Gasteiger partial charge >= 0.3 is 0 Å². The zero-order valence-corrected chi connectivity index (χ0v) is 13.7. The Balaban J connectivity index is 1.93. The van der Waals surface area contributed by atoms with Gasteiger partial charge in [0, 0.05) is 18.4 Å². The first-order valence-electron chi connectivity index (χ1n) is 6.60. The van der Waals surface area contributed by atoms with Crippen LogP contribution in [0.25, 0.3) is 0 Å². The lowest BCUT2D eigenvalue weighted by molar-refractivity contribution is -0.115. The van der Waals surface area contributed by atoms with E-state index in [1.807, 2.05) is 20.8 Å². The Morgan fingerprint density at radius 2 is 1.71 bits per heavy atom. The number of anilines is 1. The number of aromatic nitrogens is 2. The van der Waals surface area contributed by atoms with Crippen LogP contribution < -0.4 is 4.90 Å². The molecular weight excluding hydrogens is 290 g/mol. The summed E-state index contributed by atoms with van der Waals surface area (Å²) in [5, 5.41) is 7.78. The van der Waals surface area contributed by atoms with Crippen molar-refractivity contribution < 1.29 is 13.8 Å². The summed E-state index contributed by atoms with van der Waals surface area (Å²) in [6, 6.07) is 0. The van der Waals surface area contributed by atoms with Crippen molar-refractivity contribution >= 4 is 23.4 Å².